The fourth-order valence-electron chi connectivity index (χ4n) is 4.28. The van der Waals surface area contributed by atoms with Crippen molar-refractivity contribution in [2.75, 3.05) is 19.3 Å². The molecule has 1 saturated heterocycles. The third kappa shape index (κ3) is 4.55. The van der Waals surface area contributed by atoms with Crippen LogP contribution in [-0.2, 0) is 9.53 Å². The van der Waals surface area contributed by atoms with Crippen LogP contribution in [0.2, 0.25) is 0 Å². The molecule has 0 aromatic carbocycles. The molecule has 3 aromatic rings. The highest BCUT2D eigenvalue weighted by atomic mass is 16.6. The summed E-state index contributed by atoms with van der Waals surface area (Å²) in [5.41, 5.74) is 6.96. The van der Waals surface area contributed by atoms with Crippen molar-refractivity contribution in [2.45, 2.75) is 49.8 Å². The van der Waals surface area contributed by atoms with Gasteiger partial charge in [-0.25, -0.2) is 15.0 Å². The van der Waals surface area contributed by atoms with Gasteiger partial charge in [0.1, 0.15) is 17.7 Å². The normalized spacial score (nSPS) is 23.2. The highest BCUT2D eigenvalue weighted by Crippen LogP contribution is 2.32. The quantitative estimate of drug-likeness (QED) is 0.297. The fourth-order valence-corrected chi connectivity index (χ4v) is 4.28. The Hall–Kier alpha value is -4.19. The van der Waals surface area contributed by atoms with Gasteiger partial charge in [0.2, 0.25) is 5.82 Å². The Morgan fingerprint density at radius 3 is 2.76 bits per heavy atom. The Morgan fingerprint density at radius 1 is 1.27 bits per heavy atom. The van der Waals surface area contributed by atoms with Gasteiger partial charge in [-0.15, -0.1) is 0 Å². The zero-order chi connectivity index (χ0) is 26.1. The number of likely N-dealkylation sites (N-methyl/N-ethyl adjacent to an activating group) is 1. The summed E-state index contributed by atoms with van der Waals surface area (Å²) in [6.45, 7) is 0.150. The average Bonchev–Trinajstić information content (AvgIpc) is 3.43. The van der Waals surface area contributed by atoms with Gasteiger partial charge in [-0.3, -0.25) is 14.2 Å². The van der Waals surface area contributed by atoms with E-state index < -0.39 is 30.4 Å². The highest BCUT2D eigenvalue weighted by molar-refractivity contribution is 5.94. The molecule has 1 aliphatic heterocycles. The number of imidazole rings is 1. The van der Waals surface area contributed by atoms with Gasteiger partial charge >= 0.3 is 0 Å². The SMILES string of the molecule is CNC(=O)[C@H]1O[C@@H](n2cnc3c(N)nc(C#CCN(C(=O)c4ccnnc4)C4CCC4)nc32)[C@H](O)[C@@H]1O. The molecule has 2 fully saturated rings. The molecule has 5 rings (SSSR count). The number of hydrogen-bond donors (Lipinski definition) is 4. The van der Waals surface area contributed by atoms with Gasteiger partial charge in [0, 0.05) is 13.1 Å². The molecule has 5 N–H and O–H groups in total. The maximum absolute atomic E-state index is 13.0. The van der Waals surface area contributed by atoms with Crippen LogP contribution < -0.4 is 11.1 Å². The molecule has 2 amide bonds. The highest BCUT2D eigenvalue weighted by Gasteiger charge is 2.47. The van der Waals surface area contributed by atoms with Crippen molar-refractivity contribution in [1.29, 1.82) is 0 Å². The second-order valence-corrected chi connectivity index (χ2v) is 8.75. The molecule has 3 aromatic heterocycles. The Balaban J connectivity index is 1.40. The molecule has 192 valence electrons. The van der Waals surface area contributed by atoms with Crippen molar-refractivity contribution in [1.82, 2.24) is 39.9 Å². The van der Waals surface area contributed by atoms with Gasteiger partial charge in [0.05, 0.1) is 30.8 Å². The number of fused-ring (bicyclic) bond motifs is 1. The number of aliphatic hydroxyl groups excluding tert-OH is 2. The summed E-state index contributed by atoms with van der Waals surface area (Å²) in [6.07, 6.45) is 1.77. The maximum Gasteiger partial charge on any atom is 0.256 e. The van der Waals surface area contributed by atoms with Crippen LogP contribution in [0.4, 0.5) is 5.82 Å². The number of nitrogens with zero attached hydrogens (tertiary/aromatic N) is 7. The van der Waals surface area contributed by atoms with Crippen LogP contribution >= 0.6 is 0 Å². The first-order valence-electron chi connectivity index (χ1n) is 11.7. The lowest BCUT2D eigenvalue weighted by Gasteiger charge is -2.36. The predicted octanol–water partition coefficient (Wildman–Crippen LogP) is -1.39. The standard InChI is InChI=1S/C23H25N9O5/c1-25-21(35)18-16(33)17(34)23(37-18)32-11-26-15-19(24)29-14(30-20(15)32)6-3-9-31(13-4-2-5-13)22(36)12-7-8-27-28-10-12/h7-8,10-11,13,16-18,23,33-34H,2,4-5,9H2,1H3,(H,25,35)(H2,24,29,30)/t16-,17+,18-,23+/m0/s1. The summed E-state index contributed by atoms with van der Waals surface area (Å²) in [5, 5.41) is 30.7. The van der Waals surface area contributed by atoms with E-state index >= 15 is 0 Å². The second-order valence-electron chi connectivity index (χ2n) is 8.75. The van der Waals surface area contributed by atoms with Crippen molar-refractivity contribution in [3.05, 3.63) is 36.2 Å². The van der Waals surface area contributed by atoms with E-state index in [0.29, 0.717) is 5.56 Å². The summed E-state index contributed by atoms with van der Waals surface area (Å²) in [4.78, 5) is 39.5. The molecule has 2 aliphatic rings. The molecule has 37 heavy (non-hydrogen) atoms. The summed E-state index contributed by atoms with van der Waals surface area (Å²) in [5.74, 6) is 5.18. The third-order valence-electron chi connectivity index (χ3n) is 6.52. The minimum atomic E-state index is -1.45. The Kier molecular flexibility index (Phi) is 6.66. The van der Waals surface area contributed by atoms with E-state index in [9.17, 15) is 19.8 Å². The zero-order valence-corrected chi connectivity index (χ0v) is 19.9. The summed E-state index contributed by atoms with van der Waals surface area (Å²) in [7, 11) is 1.40. The fraction of sp³-hybridized carbons (Fsp3) is 0.435. The molecule has 1 saturated carbocycles. The number of anilines is 1. The van der Waals surface area contributed by atoms with Crippen LogP contribution in [-0.4, -0.2) is 94.6 Å². The number of nitrogen functional groups attached to an aromatic ring is 1. The summed E-state index contributed by atoms with van der Waals surface area (Å²) < 4.78 is 6.99. The lowest BCUT2D eigenvalue weighted by Crippen LogP contribution is -2.44. The van der Waals surface area contributed by atoms with Crippen LogP contribution in [0.1, 0.15) is 41.7 Å². The largest absolute Gasteiger partial charge is 0.387 e. The van der Waals surface area contributed by atoms with Gasteiger partial charge in [0.25, 0.3) is 11.8 Å². The molecule has 4 heterocycles. The van der Waals surface area contributed by atoms with Gasteiger partial charge in [-0.05, 0) is 31.2 Å². The second kappa shape index (κ2) is 10.1. The average molecular weight is 508 g/mol. The number of ether oxygens (including phenoxy) is 1. The lowest BCUT2D eigenvalue weighted by atomic mass is 9.91. The van der Waals surface area contributed by atoms with Gasteiger partial charge in [-0.2, -0.15) is 10.2 Å². The number of rotatable bonds is 5. The van der Waals surface area contributed by atoms with Gasteiger partial charge in [0.15, 0.2) is 23.8 Å². The first-order valence-corrected chi connectivity index (χ1v) is 11.7. The lowest BCUT2D eigenvalue weighted by molar-refractivity contribution is -0.137. The van der Waals surface area contributed by atoms with Crippen molar-refractivity contribution in [2.24, 2.45) is 0 Å². The topological polar surface area (TPSA) is 194 Å². The monoisotopic (exact) mass is 507 g/mol. The van der Waals surface area contributed by atoms with Crippen molar-refractivity contribution >= 4 is 28.8 Å². The smallest absolute Gasteiger partial charge is 0.256 e. The minimum absolute atomic E-state index is 0.0544. The zero-order valence-electron chi connectivity index (χ0n) is 19.9. The molecule has 0 unspecified atom stereocenters. The number of aliphatic hydroxyl groups is 2. The van der Waals surface area contributed by atoms with Crippen LogP contribution in [0.15, 0.2) is 24.8 Å². The molecule has 1 aliphatic carbocycles. The van der Waals surface area contributed by atoms with E-state index in [1.165, 1.54) is 30.3 Å². The van der Waals surface area contributed by atoms with Gasteiger partial charge < -0.3 is 30.9 Å². The molecule has 14 heteroatoms. The van der Waals surface area contributed by atoms with E-state index in [-0.39, 0.29) is 41.3 Å². The number of carbonyl (C=O) groups is 2. The van der Waals surface area contributed by atoms with Crippen LogP contribution in [0, 0.1) is 11.8 Å². The molecule has 4 atom stereocenters. The number of amides is 2. The molecule has 0 radical (unpaired) electrons. The van der Waals surface area contributed by atoms with Crippen molar-refractivity contribution in [3.8, 4) is 11.8 Å². The first-order chi connectivity index (χ1) is 17.9. The number of hydrogen-bond acceptors (Lipinski definition) is 11. The summed E-state index contributed by atoms with van der Waals surface area (Å²) in [6, 6.07) is 1.70. The molecular weight excluding hydrogens is 482 g/mol. The number of nitrogens with two attached hydrogens (primary N) is 1. The van der Waals surface area contributed by atoms with Crippen LogP contribution in [0.5, 0.6) is 0 Å². The van der Waals surface area contributed by atoms with E-state index in [2.05, 4.69) is 42.3 Å². The maximum atomic E-state index is 13.0. The van der Waals surface area contributed by atoms with E-state index in [1.807, 2.05) is 0 Å². The molecular formula is C23H25N9O5. The molecule has 0 spiro atoms. The van der Waals surface area contributed by atoms with Crippen LogP contribution in [0.3, 0.4) is 0 Å². The van der Waals surface area contributed by atoms with E-state index in [0.717, 1.165) is 19.3 Å². The number of nitrogens with one attached hydrogen (secondary N) is 1. The summed E-state index contributed by atoms with van der Waals surface area (Å²) >= 11 is 0. The first kappa shape index (κ1) is 24.5. The van der Waals surface area contributed by atoms with E-state index in [1.54, 1.807) is 11.0 Å². The Labute approximate surface area is 210 Å². The van der Waals surface area contributed by atoms with E-state index in [4.69, 9.17) is 10.5 Å². The number of aromatic nitrogens is 6. The predicted molar refractivity (Wildman–Crippen MR) is 127 cm³/mol. The Bertz CT molecular complexity index is 1380. The Morgan fingerprint density at radius 2 is 2.08 bits per heavy atom. The van der Waals surface area contributed by atoms with Crippen molar-refractivity contribution < 1.29 is 24.5 Å². The molecule has 0 bridgehead atoms. The third-order valence-corrected chi connectivity index (χ3v) is 6.52. The van der Waals surface area contributed by atoms with Crippen LogP contribution in [0.25, 0.3) is 11.2 Å². The van der Waals surface area contributed by atoms with Crippen molar-refractivity contribution in [3.63, 3.8) is 0 Å². The minimum Gasteiger partial charge on any atom is -0.387 e. The number of carbonyl (C=O) groups excluding carboxylic acids is 2. The van der Waals surface area contributed by atoms with Gasteiger partial charge in [-0.1, -0.05) is 5.92 Å². The molecule has 14 nitrogen and oxygen atoms in total.